The Kier molecular flexibility index (Phi) is 4.68. The van der Waals surface area contributed by atoms with E-state index in [0.29, 0.717) is 5.92 Å². The molecule has 1 aliphatic rings. The van der Waals surface area contributed by atoms with Gasteiger partial charge < -0.3 is 4.90 Å². The Morgan fingerprint density at radius 1 is 1.25 bits per heavy atom. The average Bonchev–Trinajstić information content (AvgIpc) is 2.38. The van der Waals surface area contributed by atoms with Crippen LogP contribution in [0.5, 0.6) is 0 Å². The van der Waals surface area contributed by atoms with Crippen LogP contribution in [0, 0.1) is 5.92 Å². The molecule has 1 aliphatic heterocycles. The van der Waals surface area contributed by atoms with Crippen LogP contribution in [0.1, 0.15) is 18.4 Å². The lowest BCUT2D eigenvalue weighted by Gasteiger charge is -2.31. The molecule has 0 N–H and O–H groups in total. The number of likely N-dealkylation sites (tertiary alicyclic amines) is 1. The van der Waals surface area contributed by atoms with Crippen LogP contribution >= 0.6 is 11.6 Å². The van der Waals surface area contributed by atoms with Crippen molar-refractivity contribution < 1.29 is 0 Å². The van der Waals surface area contributed by atoms with Crippen molar-refractivity contribution in [3.63, 3.8) is 0 Å². The van der Waals surface area contributed by atoms with Crippen molar-refractivity contribution in [3.05, 3.63) is 35.9 Å². The van der Waals surface area contributed by atoms with E-state index in [9.17, 15) is 0 Å². The minimum atomic E-state index is 0.714. The lowest BCUT2D eigenvalue weighted by atomic mass is 9.99. The Bertz CT molecular complexity index is 299. The molecule has 1 atom stereocenters. The molecule has 1 saturated heterocycles. The van der Waals surface area contributed by atoms with E-state index >= 15 is 0 Å². The summed E-state index contributed by atoms with van der Waals surface area (Å²) in [4.78, 5) is 2.56. The second-order valence-corrected chi connectivity index (χ2v) is 5.01. The monoisotopic (exact) mass is 237 g/mol. The molecule has 1 aromatic rings. The van der Waals surface area contributed by atoms with Gasteiger partial charge in [-0.25, -0.2) is 0 Å². The van der Waals surface area contributed by atoms with E-state index in [1.807, 2.05) is 0 Å². The molecule has 0 saturated carbocycles. The summed E-state index contributed by atoms with van der Waals surface area (Å²) in [5.41, 5.74) is 1.44. The zero-order valence-corrected chi connectivity index (χ0v) is 10.5. The Morgan fingerprint density at radius 3 is 2.81 bits per heavy atom. The Balaban J connectivity index is 1.77. The van der Waals surface area contributed by atoms with E-state index in [2.05, 4.69) is 35.2 Å². The summed E-state index contributed by atoms with van der Waals surface area (Å²) in [7, 11) is 0. The van der Waals surface area contributed by atoms with Gasteiger partial charge in [-0.15, -0.1) is 11.6 Å². The summed E-state index contributed by atoms with van der Waals surface area (Å²) in [5.74, 6) is 1.54. The normalized spacial score (nSPS) is 22.2. The summed E-state index contributed by atoms with van der Waals surface area (Å²) < 4.78 is 0. The topological polar surface area (TPSA) is 3.24 Å². The summed E-state index contributed by atoms with van der Waals surface area (Å²) in [5, 5.41) is 0. The highest BCUT2D eigenvalue weighted by Crippen LogP contribution is 2.17. The van der Waals surface area contributed by atoms with Crippen LogP contribution < -0.4 is 0 Å². The van der Waals surface area contributed by atoms with Crippen molar-refractivity contribution in [2.75, 3.05) is 25.5 Å². The number of hydrogen-bond donors (Lipinski definition) is 0. The minimum absolute atomic E-state index is 0.714. The maximum Gasteiger partial charge on any atom is 0.0263 e. The predicted molar refractivity (Wildman–Crippen MR) is 70.0 cm³/mol. The molecule has 1 fully saturated rings. The van der Waals surface area contributed by atoms with Gasteiger partial charge in [0.1, 0.15) is 0 Å². The third-order valence-electron chi connectivity index (χ3n) is 3.38. The highest BCUT2D eigenvalue weighted by molar-refractivity contribution is 6.18. The lowest BCUT2D eigenvalue weighted by Crippen LogP contribution is -2.37. The summed E-state index contributed by atoms with van der Waals surface area (Å²) >= 11 is 5.94. The third-order valence-corrected chi connectivity index (χ3v) is 3.82. The molecule has 2 heteroatoms. The van der Waals surface area contributed by atoms with Crippen LogP contribution in [0.2, 0.25) is 0 Å². The molecule has 0 spiro atoms. The van der Waals surface area contributed by atoms with Crippen molar-refractivity contribution in [2.45, 2.75) is 19.3 Å². The zero-order chi connectivity index (χ0) is 11.2. The first kappa shape index (κ1) is 11.9. The van der Waals surface area contributed by atoms with Crippen molar-refractivity contribution in [1.82, 2.24) is 4.90 Å². The number of benzene rings is 1. The third kappa shape index (κ3) is 3.50. The van der Waals surface area contributed by atoms with Gasteiger partial charge in [-0.3, -0.25) is 0 Å². The second-order valence-electron chi connectivity index (χ2n) is 4.70. The molecule has 1 nitrogen and oxygen atoms in total. The molecular formula is C14H20ClN. The van der Waals surface area contributed by atoms with Crippen LogP contribution in [0.3, 0.4) is 0 Å². The van der Waals surface area contributed by atoms with Crippen LogP contribution in [0.4, 0.5) is 0 Å². The lowest BCUT2D eigenvalue weighted by molar-refractivity contribution is 0.187. The number of rotatable bonds is 4. The maximum atomic E-state index is 5.94. The van der Waals surface area contributed by atoms with Gasteiger partial charge in [0.15, 0.2) is 0 Å². The molecule has 1 heterocycles. The molecule has 1 aromatic carbocycles. The first-order valence-corrected chi connectivity index (χ1v) is 6.74. The van der Waals surface area contributed by atoms with Gasteiger partial charge in [0, 0.05) is 19.0 Å². The van der Waals surface area contributed by atoms with E-state index in [1.54, 1.807) is 0 Å². The number of hydrogen-bond acceptors (Lipinski definition) is 1. The standard InChI is InChI=1S/C14H20ClN/c15-11-14-7-4-9-16(12-14)10-8-13-5-2-1-3-6-13/h1-3,5-6,14H,4,7-12H2. The van der Waals surface area contributed by atoms with Gasteiger partial charge in [0.05, 0.1) is 0 Å². The quantitative estimate of drug-likeness (QED) is 0.728. The molecule has 0 amide bonds. The van der Waals surface area contributed by atoms with Crippen LogP contribution in [-0.4, -0.2) is 30.4 Å². The number of alkyl halides is 1. The van der Waals surface area contributed by atoms with Crippen LogP contribution in [0.25, 0.3) is 0 Å². The maximum absolute atomic E-state index is 5.94. The van der Waals surface area contributed by atoms with Gasteiger partial charge in [-0.2, -0.15) is 0 Å². The molecule has 0 bridgehead atoms. The molecule has 0 aromatic heterocycles. The zero-order valence-electron chi connectivity index (χ0n) is 9.74. The highest BCUT2D eigenvalue weighted by atomic mass is 35.5. The van der Waals surface area contributed by atoms with Gasteiger partial charge in [0.25, 0.3) is 0 Å². The van der Waals surface area contributed by atoms with E-state index in [-0.39, 0.29) is 0 Å². The Morgan fingerprint density at radius 2 is 2.06 bits per heavy atom. The number of piperidine rings is 1. The molecule has 0 aliphatic carbocycles. The Hall–Kier alpha value is -0.530. The average molecular weight is 238 g/mol. The van der Waals surface area contributed by atoms with Crippen molar-refractivity contribution in [3.8, 4) is 0 Å². The molecule has 88 valence electrons. The van der Waals surface area contributed by atoms with Gasteiger partial charge >= 0.3 is 0 Å². The van der Waals surface area contributed by atoms with Crippen molar-refractivity contribution in [2.24, 2.45) is 5.92 Å². The highest BCUT2D eigenvalue weighted by Gasteiger charge is 2.18. The van der Waals surface area contributed by atoms with Crippen LogP contribution in [0.15, 0.2) is 30.3 Å². The predicted octanol–water partition coefficient (Wildman–Crippen LogP) is 3.18. The Labute approximate surface area is 103 Å². The summed E-state index contributed by atoms with van der Waals surface area (Å²) in [6.45, 7) is 3.62. The first-order chi connectivity index (χ1) is 7.88. The smallest absolute Gasteiger partial charge is 0.0263 e. The first-order valence-electron chi connectivity index (χ1n) is 6.20. The van der Waals surface area contributed by atoms with E-state index in [0.717, 1.165) is 12.3 Å². The fraction of sp³-hybridized carbons (Fsp3) is 0.571. The van der Waals surface area contributed by atoms with Crippen molar-refractivity contribution in [1.29, 1.82) is 0 Å². The molecule has 0 radical (unpaired) electrons. The minimum Gasteiger partial charge on any atom is -0.303 e. The van der Waals surface area contributed by atoms with E-state index < -0.39 is 0 Å². The molecular weight excluding hydrogens is 218 g/mol. The van der Waals surface area contributed by atoms with E-state index in [4.69, 9.17) is 11.6 Å². The second kappa shape index (κ2) is 6.27. The summed E-state index contributed by atoms with van der Waals surface area (Å²) in [6, 6.07) is 10.7. The van der Waals surface area contributed by atoms with Gasteiger partial charge in [-0.05, 0) is 37.3 Å². The fourth-order valence-electron chi connectivity index (χ4n) is 2.41. The molecule has 1 unspecified atom stereocenters. The SMILES string of the molecule is ClCC1CCCN(CCc2ccccc2)C1. The number of nitrogens with zero attached hydrogens (tertiary/aromatic N) is 1. The van der Waals surface area contributed by atoms with E-state index in [1.165, 1.54) is 38.0 Å². The van der Waals surface area contributed by atoms with Gasteiger partial charge in [0.2, 0.25) is 0 Å². The number of halogens is 1. The summed E-state index contributed by atoms with van der Waals surface area (Å²) in [6.07, 6.45) is 3.79. The van der Waals surface area contributed by atoms with Gasteiger partial charge in [-0.1, -0.05) is 30.3 Å². The van der Waals surface area contributed by atoms with Crippen LogP contribution in [-0.2, 0) is 6.42 Å². The van der Waals surface area contributed by atoms with Crippen molar-refractivity contribution >= 4 is 11.6 Å². The molecule has 16 heavy (non-hydrogen) atoms. The fourth-order valence-corrected chi connectivity index (χ4v) is 2.66. The largest absolute Gasteiger partial charge is 0.303 e. The molecule has 2 rings (SSSR count).